The van der Waals surface area contributed by atoms with Gasteiger partial charge in [0.05, 0.1) is 17.4 Å². The van der Waals surface area contributed by atoms with Gasteiger partial charge in [0.2, 0.25) is 11.9 Å². The Balaban J connectivity index is 1.32. The van der Waals surface area contributed by atoms with Gasteiger partial charge in [-0.1, -0.05) is 6.92 Å². The van der Waals surface area contributed by atoms with Crippen molar-refractivity contribution >= 4 is 17.5 Å². The van der Waals surface area contributed by atoms with Crippen LogP contribution in [0.15, 0.2) is 42.7 Å². The van der Waals surface area contributed by atoms with Gasteiger partial charge in [0.15, 0.2) is 5.82 Å². The molecule has 9 nitrogen and oxygen atoms in total. The molecule has 4 aromatic rings. The van der Waals surface area contributed by atoms with Gasteiger partial charge < -0.3 is 15.3 Å². The summed E-state index contributed by atoms with van der Waals surface area (Å²) in [6.07, 6.45) is 4.37. The normalized spacial score (nSPS) is 18.0. The number of halogens is 2. The van der Waals surface area contributed by atoms with Crippen LogP contribution in [0.3, 0.4) is 0 Å². The van der Waals surface area contributed by atoms with Crippen LogP contribution < -0.4 is 10.2 Å². The van der Waals surface area contributed by atoms with Gasteiger partial charge in [-0.3, -0.25) is 5.10 Å². The Hall–Kier alpha value is -3.86. The van der Waals surface area contributed by atoms with Crippen LogP contribution in [0.1, 0.15) is 19.8 Å². The van der Waals surface area contributed by atoms with E-state index in [0.717, 1.165) is 24.3 Å². The predicted molar refractivity (Wildman–Crippen MR) is 124 cm³/mol. The molecule has 11 heteroatoms. The van der Waals surface area contributed by atoms with E-state index in [2.05, 4.69) is 35.5 Å². The fourth-order valence-electron chi connectivity index (χ4n) is 4.06. The zero-order valence-electron chi connectivity index (χ0n) is 18.8. The smallest absolute Gasteiger partial charge is 0.225 e. The summed E-state index contributed by atoms with van der Waals surface area (Å²) >= 11 is 0. The third-order valence-electron chi connectivity index (χ3n) is 6.19. The second-order valence-electron chi connectivity index (χ2n) is 8.45. The minimum Gasteiger partial charge on any atom is -0.388 e. The van der Waals surface area contributed by atoms with E-state index in [-0.39, 0.29) is 11.1 Å². The third-order valence-corrected chi connectivity index (χ3v) is 6.19. The Morgan fingerprint density at radius 2 is 2.03 bits per heavy atom. The first-order valence-electron chi connectivity index (χ1n) is 11.0. The van der Waals surface area contributed by atoms with Crippen molar-refractivity contribution in [2.45, 2.75) is 25.4 Å². The first-order chi connectivity index (χ1) is 16.3. The van der Waals surface area contributed by atoms with E-state index in [4.69, 9.17) is 0 Å². The highest BCUT2D eigenvalue weighted by Crippen LogP contribution is 2.30. The van der Waals surface area contributed by atoms with Gasteiger partial charge in [0.25, 0.3) is 0 Å². The number of nitrogens with zero attached hydrogens (tertiary/aromatic N) is 6. The third kappa shape index (κ3) is 4.10. The number of aryl methyl sites for hydroxylation is 1. The molecule has 0 saturated carbocycles. The van der Waals surface area contributed by atoms with Gasteiger partial charge in [0.1, 0.15) is 11.6 Å². The van der Waals surface area contributed by atoms with E-state index in [1.165, 1.54) is 18.3 Å². The molecule has 0 aliphatic carbocycles. The molecule has 176 valence electrons. The number of pyridine rings is 1. The van der Waals surface area contributed by atoms with Gasteiger partial charge in [-0.2, -0.15) is 14.5 Å². The number of hydrogen-bond acceptors (Lipinski definition) is 7. The molecule has 1 atom stereocenters. The Labute approximate surface area is 194 Å². The van der Waals surface area contributed by atoms with Gasteiger partial charge in [-0.15, -0.1) is 5.10 Å². The molecule has 3 N–H and O–H groups in total. The van der Waals surface area contributed by atoms with Crippen molar-refractivity contribution in [3.8, 4) is 22.5 Å². The first kappa shape index (κ1) is 22.0. The van der Waals surface area contributed by atoms with Gasteiger partial charge in [-0.25, -0.2) is 14.1 Å². The van der Waals surface area contributed by atoms with Crippen LogP contribution >= 0.6 is 0 Å². The second kappa shape index (κ2) is 8.49. The van der Waals surface area contributed by atoms with Crippen LogP contribution in [0.5, 0.6) is 0 Å². The summed E-state index contributed by atoms with van der Waals surface area (Å²) in [5, 5.41) is 23.7. The number of aromatic nitrogens is 6. The van der Waals surface area contributed by atoms with Crippen LogP contribution in [0.25, 0.3) is 22.5 Å². The molecule has 0 amide bonds. The van der Waals surface area contributed by atoms with E-state index in [0.29, 0.717) is 30.4 Å². The average molecular weight is 466 g/mol. The van der Waals surface area contributed by atoms with Crippen molar-refractivity contribution < 1.29 is 13.9 Å². The Bertz CT molecular complexity index is 1320. The van der Waals surface area contributed by atoms with Crippen molar-refractivity contribution in [2.75, 3.05) is 23.3 Å². The average Bonchev–Trinajstić information content (AvgIpc) is 3.54. The highest BCUT2D eigenvalue weighted by Gasteiger charge is 2.34. The molecular formula is C23H24F2N8O. The molecule has 34 heavy (non-hydrogen) atoms. The van der Waals surface area contributed by atoms with Crippen LogP contribution in [-0.4, -0.2) is 53.7 Å². The molecule has 1 aliphatic rings. The fraction of sp³-hybridized carbons (Fsp3) is 0.304. The summed E-state index contributed by atoms with van der Waals surface area (Å²) < 4.78 is 29.8. The van der Waals surface area contributed by atoms with E-state index >= 15 is 0 Å². The number of rotatable bonds is 6. The van der Waals surface area contributed by atoms with Crippen LogP contribution in [0, 0.1) is 11.8 Å². The molecule has 1 fully saturated rings. The van der Waals surface area contributed by atoms with E-state index in [9.17, 15) is 13.9 Å². The molecule has 0 radical (unpaired) electrons. The molecule has 1 aromatic carbocycles. The highest BCUT2D eigenvalue weighted by molar-refractivity contribution is 5.68. The number of benzene rings is 1. The lowest BCUT2D eigenvalue weighted by atomic mass is 10.0. The highest BCUT2D eigenvalue weighted by atomic mass is 19.1. The summed E-state index contributed by atoms with van der Waals surface area (Å²) in [6, 6.07) is 8.15. The molecule has 5 rings (SSSR count). The lowest BCUT2D eigenvalue weighted by Crippen LogP contribution is -2.32. The van der Waals surface area contributed by atoms with E-state index in [1.807, 2.05) is 19.1 Å². The molecule has 1 aliphatic heterocycles. The van der Waals surface area contributed by atoms with Crippen LogP contribution in [0.4, 0.5) is 26.2 Å². The van der Waals surface area contributed by atoms with Crippen molar-refractivity contribution in [1.29, 1.82) is 0 Å². The lowest BCUT2D eigenvalue weighted by Gasteiger charge is -2.22. The fourth-order valence-corrected chi connectivity index (χ4v) is 4.06. The maximum Gasteiger partial charge on any atom is 0.225 e. The molecular weight excluding hydrogens is 442 g/mol. The number of hydrogen-bond donors (Lipinski definition) is 3. The maximum atomic E-state index is 14.6. The molecule has 0 spiro atoms. The zero-order valence-corrected chi connectivity index (χ0v) is 18.8. The number of aromatic amines is 1. The standard InChI is InChI=1S/C23H24F2N8O/c1-3-23(34)8-9-33(13-23)19-7-4-14(11-26-19)21-29-22(32(2)31-21)28-15-5-6-16(18(24)10-15)17-12-27-30-20(17)25/h4-7,10-12,34H,3,8-9,13H2,1-2H3,(H,27,30)(H,28,29,31). The zero-order chi connectivity index (χ0) is 23.9. The summed E-state index contributed by atoms with van der Waals surface area (Å²) in [5.74, 6) is 0.390. The molecule has 3 aromatic heterocycles. The number of anilines is 3. The maximum absolute atomic E-state index is 14.6. The number of β-amino-alcohol motifs (C(OH)–C–C–N with tert-alkyl or cyclic N) is 1. The minimum atomic E-state index is -0.692. The Morgan fingerprint density at radius 1 is 1.18 bits per heavy atom. The SMILES string of the molecule is CCC1(O)CCN(c2ccc(-c3nc(Nc4ccc(-c5cn[nH]c5F)c(F)c4)n(C)n3)cn2)C1. The Morgan fingerprint density at radius 3 is 2.68 bits per heavy atom. The number of nitrogens with one attached hydrogen (secondary N) is 2. The van der Waals surface area contributed by atoms with Crippen LogP contribution in [-0.2, 0) is 7.05 Å². The van der Waals surface area contributed by atoms with Crippen molar-refractivity contribution in [3.63, 3.8) is 0 Å². The van der Waals surface area contributed by atoms with E-state index < -0.39 is 17.4 Å². The largest absolute Gasteiger partial charge is 0.388 e. The summed E-state index contributed by atoms with van der Waals surface area (Å²) in [5.41, 5.74) is 0.687. The quantitative estimate of drug-likeness (QED) is 0.398. The molecule has 4 heterocycles. The monoisotopic (exact) mass is 466 g/mol. The first-order valence-corrected chi connectivity index (χ1v) is 11.0. The van der Waals surface area contributed by atoms with Crippen molar-refractivity contribution in [1.82, 2.24) is 29.9 Å². The molecule has 0 bridgehead atoms. The predicted octanol–water partition coefficient (Wildman–Crippen LogP) is 3.64. The lowest BCUT2D eigenvalue weighted by molar-refractivity contribution is 0.0593. The number of H-pyrrole nitrogens is 1. The summed E-state index contributed by atoms with van der Waals surface area (Å²) in [4.78, 5) is 11.1. The minimum absolute atomic E-state index is 0.0641. The van der Waals surface area contributed by atoms with Gasteiger partial charge >= 0.3 is 0 Å². The van der Waals surface area contributed by atoms with Crippen molar-refractivity contribution in [3.05, 3.63) is 54.5 Å². The van der Waals surface area contributed by atoms with E-state index in [1.54, 1.807) is 24.0 Å². The van der Waals surface area contributed by atoms with Gasteiger partial charge in [-0.05, 0) is 43.2 Å². The van der Waals surface area contributed by atoms with Gasteiger partial charge in [0, 0.05) is 43.1 Å². The molecule has 1 saturated heterocycles. The topological polar surface area (TPSA) is 108 Å². The second-order valence-corrected chi connectivity index (χ2v) is 8.45. The Kier molecular flexibility index (Phi) is 5.48. The number of aliphatic hydroxyl groups is 1. The summed E-state index contributed by atoms with van der Waals surface area (Å²) in [6.45, 7) is 3.31. The van der Waals surface area contributed by atoms with Crippen LogP contribution in [0.2, 0.25) is 0 Å². The van der Waals surface area contributed by atoms with Crippen molar-refractivity contribution in [2.24, 2.45) is 7.05 Å². The molecule has 1 unspecified atom stereocenters. The summed E-state index contributed by atoms with van der Waals surface area (Å²) in [7, 11) is 1.72.